The average Bonchev–Trinajstić information content (AvgIpc) is 2.63. The van der Waals surface area contributed by atoms with Crippen LogP contribution in [0.1, 0.15) is 32.1 Å². The lowest BCUT2D eigenvalue weighted by atomic mass is 10.3. The van der Waals surface area contributed by atoms with Crippen molar-refractivity contribution in [1.29, 1.82) is 0 Å². The SMILES string of the molecule is ClCCCCCSCC1CCCO1. The van der Waals surface area contributed by atoms with Gasteiger partial charge in [-0.25, -0.2) is 0 Å². The lowest BCUT2D eigenvalue weighted by Crippen LogP contribution is -2.08. The molecule has 1 aliphatic heterocycles. The van der Waals surface area contributed by atoms with Crippen molar-refractivity contribution in [1.82, 2.24) is 0 Å². The van der Waals surface area contributed by atoms with E-state index in [1.807, 2.05) is 11.8 Å². The van der Waals surface area contributed by atoms with Crippen LogP contribution in [0.15, 0.2) is 0 Å². The second kappa shape index (κ2) is 7.95. The highest BCUT2D eigenvalue weighted by molar-refractivity contribution is 7.99. The third-order valence-corrected chi connectivity index (χ3v) is 3.70. The van der Waals surface area contributed by atoms with Gasteiger partial charge in [-0.15, -0.1) is 11.6 Å². The van der Waals surface area contributed by atoms with Crippen LogP contribution in [-0.2, 0) is 4.74 Å². The molecule has 1 atom stereocenters. The van der Waals surface area contributed by atoms with Gasteiger partial charge in [0.05, 0.1) is 6.10 Å². The summed E-state index contributed by atoms with van der Waals surface area (Å²) < 4.78 is 5.54. The Morgan fingerprint density at radius 3 is 2.92 bits per heavy atom. The summed E-state index contributed by atoms with van der Waals surface area (Å²) in [5.41, 5.74) is 0. The summed E-state index contributed by atoms with van der Waals surface area (Å²) in [6.45, 7) is 0.984. The molecule has 1 fully saturated rings. The molecule has 78 valence electrons. The molecular formula is C10H19ClOS. The Kier molecular flexibility index (Phi) is 7.14. The van der Waals surface area contributed by atoms with Gasteiger partial charge in [-0.05, 0) is 31.4 Å². The summed E-state index contributed by atoms with van der Waals surface area (Å²) in [6, 6.07) is 0. The predicted octanol–water partition coefficient (Wildman–Crippen LogP) is 3.31. The van der Waals surface area contributed by atoms with E-state index < -0.39 is 0 Å². The van der Waals surface area contributed by atoms with E-state index in [4.69, 9.17) is 16.3 Å². The number of alkyl halides is 1. The third kappa shape index (κ3) is 5.82. The van der Waals surface area contributed by atoms with E-state index >= 15 is 0 Å². The van der Waals surface area contributed by atoms with Gasteiger partial charge in [0.25, 0.3) is 0 Å². The summed E-state index contributed by atoms with van der Waals surface area (Å²) in [4.78, 5) is 0. The Labute approximate surface area is 90.6 Å². The molecule has 0 aromatic heterocycles. The van der Waals surface area contributed by atoms with E-state index in [0.717, 1.165) is 12.5 Å². The van der Waals surface area contributed by atoms with Crippen molar-refractivity contribution in [2.45, 2.75) is 38.2 Å². The molecule has 0 N–H and O–H groups in total. The topological polar surface area (TPSA) is 9.23 Å². The van der Waals surface area contributed by atoms with Crippen molar-refractivity contribution >= 4 is 23.4 Å². The Balaban J connectivity index is 1.78. The van der Waals surface area contributed by atoms with E-state index in [9.17, 15) is 0 Å². The van der Waals surface area contributed by atoms with E-state index in [2.05, 4.69) is 0 Å². The zero-order valence-electron chi connectivity index (χ0n) is 8.14. The molecule has 0 aliphatic carbocycles. The summed E-state index contributed by atoms with van der Waals surface area (Å²) in [5, 5.41) is 0. The molecule has 0 aromatic carbocycles. The molecule has 1 nitrogen and oxygen atoms in total. The van der Waals surface area contributed by atoms with Crippen LogP contribution in [0.4, 0.5) is 0 Å². The summed E-state index contributed by atoms with van der Waals surface area (Å²) in [5.74, 6) is 3.29. The monoisotopic (exact) mass is 222 g/mol. The van der Waals surface area contributed by atoms with Crippen LogP contribution in [0.5, 0.6) is 0 Å². The standard InChI is InChI=1S/C10H19ClOS/c11-6-2-1-3-8-13-9-10-5-4-7-12-10/h10H,1-9H2. The van der Waals surface area contributed by atoms with Crippen LogP contribution in [0, 0.1) is 0 Å². The Morgan fingerprint density at radius 1 is 1.31 bits per heavy atom. The van der Waals surface area contributed by atoms with Crippen LogP contribution >= 0.6 is 23.4 Å². The van der Waals surface area contributed by atoms with Gasteiger partial charge in [0.1, 0.15) is 0 Å². The number of halogens is 1. The fourth-order valence-corrected chi connectivity index (χ4v) is 2.76. The van der Waals surface area contributed by atoms with Gasteiger partial charge in [-0.1, -0.05) is 6.42 Å². The van der Waals surface area contributed by atoms with E-state index in [1.165, 1.54) is 43.6 Å². The number of unbranched alkanes of at least 4 members (excludes halogenated alkanes) is 2. The molecule has 0 saturated carbocycles. The smallest absolute Gasteiger partial charge is 0.0666 e. The molecule has 3 heteroatoms. The second-order valence-corrected chi connectivity index (χ2v) is 4.99. The van der Waals surface area contributed by atoms with E-state index in [1.54, 1.807) is 0 Å². The first-order valence-corrected chi connectivity index (χ1v) is 6.87. The number of rotatable bonds is 7. The maximum Gasteiger partial charge on any atom is 0.0666 e. The van der Waals surface area contributed by atoms with E-state index in [0.29, 0.717) is 6.10 Å². The lowest BCUT2D eigenvalue weighted by Gasteiger charge is -2.07. The lowest BCUT2D eigenvalue weighted by molar-refractivity contribution is 0.129. The highest BCUT2D eigenvalue weighted by Crippen LogP contribution is 2.17. The highest BCUT2D eigenvalue weighted by atomic mass is 35.5. The first-order valence-electron chi connectivity index (χ1n) is 5.19. The first-order chi connectivity index (χ1) is 6.43. The molecule has 1 saturated heterocycles. The molecule has 0 radical (unpaired) electrons. The quantitative estimate of drug-likeness (QED) is 0.483. The van der Waals surface area contributed by atoms with Crippen LogP contribution in [0.2, 0.25) is 0 Å². The fourth-order valence-electron chi connectivity index (χ4n) is 1.47. The fraction of sp³-hybridized carbons (Fsp3) is 1.00. The number of hydrogen-bond acceptors (Lipinski definition) is 2. The molecule has 0 spiro atoms. The van der Waals surface area contributed by atoms with Crippen LogP contribution < -0.4 is 0 Å². The first kappa shape index (κ1) is 11.7. The van der Waals surface area contributed by atoms with Gasteiger partial charge in [-0.2, -0.15) is 11.8 Å². The van der Waals surface area contributed by atoms with Crippen LogP contribution in [0.3, 0.4) is 0 Å². The maximum absolute atomic E-state index is 5.59. The van der Waals surface area contributed by atoms with Crippen LogP contribution in [-0.4, -0.2) is 30.1 Å². The van der Waals surface area contributed by atoms with Crippen molar-refractivity contribution in [3.8, 4) is 0 Å². The van der Waals surface area contributed by atoms with Crippen molar-refractivity contribution < 1.29 is 4.74 Å². The minimum absolute atomic E-state index is 0.554. The Bertz CT molecular complexity index is 115. The molecule has 13 heavy (non-hydrogen) atoms. The average molecular weight is 223 g/mol. The van der Waals surface area contributed by atoms with Gasteiger partial charge in [0.2, 0.25) is 0 Å². The molecule has 0 aromatic rings. The molecule has 1 aliphatic rings. The van der Waals surface area contributed by atoms with Gasteiger partial charge in [0.15, 0.2) is 0 Å². The predicted molar refractivity (Wildman–Crippen MR) is 60.9 cm³/mol. The van der Waals surface area contributed by atoms with E-state index in [-0.39, 0.29) is 0 Å². The van der Waals surface area contributed by atoms with Crippen molar-refractivity contribution in [3.05, 3.63) is 0 Å². The molecule has 1 heterocycles. The maximum atomic E-state index is 5.59. The summed E-state index contributed by atoms with van der Waals surface area (Å²) >= 11 is 7.62. The Hall–Kier alpha value is 0.600. The largest absolute Gasteiger partial charge is 0.377 e. The van der Waals surface area contributed by atoms with Gasteiger partial charge in [0, 0.05) is 18.2 Å². The molecular weight excluding hydrogens is 204 g/mol. The van der Waals surface area contributed by atoms with Gasteiger partial charge >= 0.3 is 0 Å². The normalized spacial score (nSPS) is 22.4. The summed E-state index contributed by atoms with van der Waals surface area (Å²) in [6.07, 6.45) is 6.85. The zero-order chi connectivity index (χ0) is 9.36. The van der Waals surface area contributed by atoms with Crippen molar-refractivity contribution in [3.63, 3.8) is 0 Å². The molecule has 0 amide bonds. The number of thioether (sulfide) groups is 1. The molecule has 0 bridgehead atoms. The highest BCUT2D eigenvalue weighted by Gasteiger charge is 2.14. The minimum atomic E-state index is 0.554. The minimum Gasteiger partial charge on any atom is -0.377 e. The number of hydrogen-bond donors (Lipinski definition) is 0. The number of ether oxygens (including phenoxy) is 1. The van der Waals surface area contributed by atoms with Gasteiger partial charge < -0.3 is 4.74 Å². The second-order valence-electron chi connectivity index (χ2n) is 3.46. The Morgan fingerprint density at radius 2 is 2.23 bits per heavy atom. The van der Waals surface area contributed by atoms with Crippen molar-refractivity contribution in [2.24, 2.45) is 0 Å². The van der Waals surface area contributed by atoms with Crippen molar-refractivity contribution in [2.75, 3.05) is 24.0 Å². The molecule has 1 rings (SSSR count). The zero-order valence-corrected chi connectivity index (χ0v) is 9.71. The molecule has 1 unspecified atom stereocenters. The summed E-state index contributed by atoms with van der Waals surface area (Å²) in [7, 11) is 0. The van der Waals surface area contributed by atoms with Gasteiger partial charge in [-0.3, -0.25) is 0 Å². The van der Waals surface area contributed by atoms with Crippen LogP contribution in [0.25, 0.3) is 0 Å². The third-order valence-electron chi connectivity index (χ3n) is 2.25.